The van der Waals surface area contributed by atoms with Gasteiger partial charge in [0.05, 0.1) is 29.5 Å². The highest BCUT2D eigenvalue weighted by molar-refractivity contribution is 7.18. The second-order valence-electron chi connectivity index (χ2n) is 5.73. The zero-order valence-electron chi connectivity index (χ0n) is 13.3. The normalized spacial score (nSPS) is 11.4. The Hall–Kier alpha value is -2.50. The lowest BCUT2D eigenvalue weighted by atomic mass is 10.2. The molecule has 2 heterocycles. The lowest BCUT2D eigenvalue weighted by Gasteiger charge is -2.12. The van der Waals surface area contributed by atoms with Gasteiger partial charge in [-0.2, -0.15) is 0 Å². The Balaban J connectivity index is 1.44. The van der Waals surface area contributed by atoms with E-state index < -0.39 is 0 Å². The second kappa shape index (κ2) is 6.55. The Morgan fingerprint density at radius 2 is 1.79 bits per heavy atom. The van der Waals surface area contributed by atoms with E-state index in [9.17, 15) is 0 Å². The third-order valence-electron chi connectivity index (χ3n) is 3.76. The topological polar surface area (TPSA) is 42.2 Å². The zero-order valence-corrected chi connectivity index (χ0v) is 14.2. The van der Waals surface area contributed by atoms with Gasteiger partial charge in [0.2, 0.25) is 5.89 Å². The van der Waals surface area contributed by atoms with Crippen molar-refractivity contribution >= 4 is 21.6 Å². The van der Waals surface area contributed by atoms with Crippen molar-refractivity contribution in [2.24, 2.45) is 0 Å². The van der Waals surface area contributed by atoms with Crippen LogP contribution in [0.25, 0.3) is 21.5 Å². The highest BCUT2D eigenvalue weighted by atomic mass is 32.1. The number of aromatic nitrogens is 2. The summed E-state index contributed by atoms with van der Waals surface area (Å²) in [7, 11) is 2.05. The molecule has 0 saturated heterocycles. The number of oxazole rings is 1. The first-order valence-corrected chi connectivity index (χ1v) is 8.63. The van der Waals surface area contributed by atoms with Crippen molar-refractivity contribution in [1.29, 1.82) is 0 Å². The number of hydrogen-bond donors (Lipinski definition) is 0. The molecule has 0 radical (unpaired) electrons. The SMILES string of the molecule is CN(Cc1ncc(-c2ccccc2)o1)Cc1nc2ccccc2s1. The number of nitrogens with zero attached hydrogens (tertiary/aromatic N) is 3. The largest absolute Gasteiger partial charge is 0.439 e. The van der Waals surface area contributed by atoms with E-state index in [2.05, 4.69) is 34.0 Å². The average Bonchev–Trinajstić information content (AvgIpc) is 3.21. The van der Waals surface area contributed by atoms with E-state index in [1.807, 2.05) is 42.5 Å². The molecular formula is C19H17N3OS. The standard InChI is InChI=1S/C19H17N3OS/c1-22(13-19-21-15-9-5-6-10-17(15)24-19)12-18-20-11-16(23-18)14-7-3-2-4-8-14/h2-11H,12-13H2,1H3. The van der Waals surface area contributed by atoms with Crippen LogP contribution in [0.3, 0.4) is 0 Å². The molecule has 0 saturated carbocycles. The number of rotatable bonds is 5. The minimum absolute atomic E-state index is 0.656. The fourth-order valence-corrected chi connectivity index (χ4v) is 3.67. The number of para-hydroxylation sites is 1. The molecule has 4 aromatic rings. The van der Waals surface area contributed by atoms with Gasteiger partial charge in [0.25, 0.3) is 0 Å². The predicted octanol–water partition coefficient (Wildman–Crippen LogP) is 4.58. The van der Waals surface area contributed by atoms with Gasteiger partial charge >= 0.3 is 0 Å². The van der Waals surface area contributed by atoms with E-state index in [0.29, 0.717) is 6.54 Å². The molecule has 24 heavy (non-hydrogen) atoms. The number of thiazole rings is 1. The maximum atomic E-state index is 5.87. The van der Waals surface area contributed by atoms with E-state index in [0.717, 1.165) is 34.3 Å². The van der Waals surface area contributed by atoms with Crippen LogP contribution in [-0.2, 0) is 13.1 Å². The number of hydrogen-bond acceptors (Lipinski definition) is 5. The second-order valence-corrected chi connectivity index (χ2v) is 6.85. The van der Waals surface area contributed by atoms with E-state index >= 15 is 0 Å². The molecule has 120 valence electrons. The third kappa shape index (κ3) is 3.22. The van der Waals surface area contributed by atoms with Gasteiger partial charge in [-0.25, -0.2) is 9.97 Å². The zero-order chi connectivity index (χ0) is 16.4. The molecule has 4 rings (SSSR count). The summed E-state index contributed by atoms with van der Waals surface area (Å²) in [4.78, 5) is 11.2. The molecule has 0 aliphatic carbocycles. The van der Waals surface area contributed by atoms with E-state index in [1.54, 1.807) is 17.5 Å². The van der Waals surface area contributed by atoms with Crippen LogP contribution in [0.4, 0.5) is 0 Å². The van der Waals surface area contributed by atoms with Crippen LogP contribution in [0.15, 0.2) is 65.2 Å². The molecule has 2 aromatic heterocycles. The van der Waals surface area contributed by atoms with E-state index in [4.69, 9.17) is 4.42 Å². The molecule has 0 aliphatic heterocycles. The van der Waals surface area contributed by atoms with Gasteiger partial charge < -0.3 is 4.42 Å². The number of fused-ring (bicyclic) bond motifs is 1. The Labute approximate surface area is 144 Å². The maximum absolute atomic E-state index is 5.87. The molecule has 0 unspecified atom stereocenters. The lowest BCUT2D eigenvalue weighted by molar-refractivity contribution is 0.282. The van der Waals surface area contributed by atoms with E-state index in [-0.39, 0.29) is 0 Å². The Morgan fingerprint density at radius 3 is 2.62 bits per heavy atom. The summed E-state index contributed by atoms with van der Waals surface area (Å²) in [6.07, 6.45) is 1.79. The van der Waals surface area contributed by atoms with Crippen LogP contribution < -0.4 is 0 Å². The molecule has 2 aromatic carbocycles. The third-order valence-corrected chi connectivity index (χ3v) is 4.78. The fraction of sp³-hybridized carbons (Fsp3) is 0.158. The van der Waals surface area contributed by atoms with Crippen LogP contribution in [0, 0.1) is 0 Å². The molecule has 0 aliphatic rings. The van der Waals surface area contributed by atoms with Crippen LogP contribution >= 0.6 is 11.3 Å². The summed E-state index contributed by atoms with van der Waals surface area (Å²) >= 11 is 1.73. The maximum Gasteiger partial charge on any atom is 0.209 e. The Morgan fingerprint density at radius 1 is 1.00 bits per heavy atom. The van der Waals surface area contributed by atoms with Crippen molar-refractivity contribution in [2.75, 3.05) is 7.05 Å². The first-order valence-electron chi connectivity index (χ1n) is 7.81. The van der Waals surface area contributed by atoms with Gasteiger partial charge in [-0.3, -0.25) is 4.90 Å². The lowest BCUT2D eigenvalue weighted by Crippen LogP contribution is -2.17. The molecule has 0 fully saturated rings. The smallest absolute Gasteiger partial charge is 0.209 e. The summed E-state index contributed by atoms with van der Waals surface area (Å²) < 4.78 is 7.09. The van der Waals surface area contributed by atoms with Gasteiger partial charge in [-0.15, -0.1) is 11.3 Å². The minimum Gasteiger partial charge on any atom is -0.439 e. The molecule has 5 heteroatoms. The Kier molecular flexibility index (Phi) is 4.11. The quantitative estimate of drug-likeness (QED) is 0.535. The van der Waals surface area contributed by atoms with Crippen molar-refractivity contribution in [3.05, 3.63) is 71.7 Å². The summed E-state index contributed by atoms with van der Waals surface area (Å²) in [5.74, 6) is 1.52. The van der Waals surface area contributed by atoms with Crippen LogP contribution in [0.1, 0.15) is 10.9 Å². The molecule has 4 nitrogen and oxygen atoms in total. The van der Waals surface area contributed by atoms with Crippen molar-refractivity contribution in [1.82, 2.24) is 14.9 Å². The van der Waals surface area contributed by atoms with Crippen molar-refractivity contribution in [3.63, 3.8) is 0 Å². The molecular weight excluding hydrogens is 318 g/mol. The van der Waals surface area contributed by atoms with Crippen LogP contribution in [-0.4, -0.2) is 21.9 Å². The molecule has 0 N–H and O–H groups in total. The van der Waals surface area contributed by atoms with Gasteiger partial charge in [0.1, 0.15) is 5.01 Å². The van der Waals surface area contributed by atoms with Crippen molar-refractivity contribution in [3.8, 4) is 11.3 Å². The highest BCUT2D eigenvalue weighted by Crippen LogP contribution is 2.23. The monoisotopic (exact) mass is 335 g/mol. The summed E-state index contributed by atoms with van der Waals surface area (Å²) in [6, 6.07) is 18.3. The van der Waals surface area contributed by atoms with Gasteiger partial charge in [-0.1, -0.05) is 42.5 Å². The van der Waals surface area contributed by atoms with Gasteiger partial charge in [-0.05, 0) is 19.2 Å². The molecule has 0 atom stereocenters. The fourth-order valence-electron chi connectivity index (χ4n) is 2.62. The summed E-state index contributed by atoms with van der Waals surface area (Å²) in [5.41, 5.74) is 2.11. The predicted molar refractivity (Wildman–Crippen MR) is 96.7 cm³/mol. The molecule has 0 bridgehead atoms. The molecule has 0 amide bonds. The van der Waals surface area contributed by atoms with Crippen LogP contribution in [0.5, 0.6) is 0 Å². The summed E-state index contributed by atoms with van der Waals surface area (Å²) in [5, 5.41) is 1.11. The van der Waals surface area contributed by atoms with Crippen molar-refractivity contribution in [2.45, 2.75) is 13.1 Å². The van der Waals surface area contributed by atoms with E-state index in [1.165, 1.54) is 4.70 Å². The van der Waals surface area contributed by atoms with Gasteiger partial charge in [0, 0.05) is 5.56 Å². The minimum atomic E-state index is 0.656. The molecule has 0 spiro atoms. The van der Waals surface area contributed by atoms with Crippen molar-refractivity contribution < 1.29 is 4.42 Å². The Bertz CT molecular complexity index is 912. The first-order chi connectivity index (χ1) is 11.8. The van der Waals surface area contributed by atoms with Gasteiger partial charge in [0.15, 0.2) is 5.76 Å². The van der Waals surface area contributed by atoms with Crippen LogP contribution in [0.2, 0.25) is 0 Å². The summed E-state index contributed by atoms with van der Waals surface area (Å²) in [6.45, 7) is 1.44. The average molecular weight is 335 g/mol. The highest BCUT2D eigenvalue weighted by Gasteiger charge is 2.11. The first kappa shape index (κ1) is 15.1. The number of benzene rings is 2.